The third-order valence-corrected chi connectivity index (χ3v) is 3.85. The molecule has 0 unspecified atom stereocenters. The molecule has 1 aliphatic carbocycles. The second-order valence-corrected chi connectivity index (χ2v) is 4.98. The van der Waals surface area contributed by atoms with Crippen LogP contribution in [0.1, 0.15) is 43.7 Å². The first-order valence-electron chi connectivity index (χ1n) is 6.30. The van der Waals surface area contributed by atoms with Crippen LogP contribution in [0.2, 0.25) is 0 Å². The van der Waals surface area contributed by atoms with Crippen LogP contribution in [-0.2, 0) is 6.18 Å². The number of nitriles is 1. The van der Waals surface area contributed by atoms with Gasteiger partial charge in [-0.05, 0) is 43.9 Å². The van der Waals surface area contributed by atoms with Gasteiger partial charge < -0.3 is 5.32 Å². The SMILES string of the molecule is CCC1(Nc2ccc(C(F)(F)F)cc2C#N)CCC1. The van der Waals surface area contributed by atoms with Crippen molar-refractivity contribution in [2.45, 2.75) is 44.3 Å². The van der Waals surface area contributed by atoms with Crippen LogP contribution in [0.25, 0.3) is 0 Å². The summed E-state index contributed by atoms with van der Waals surface area (Å²) in [5.41, 5.74) is -0.286. The van der Waals surface area contributed by atoms with Crippen LogP contribution in [0.5, 0.6) is 0 Å². The number of nitrogens with zero attached hydrogens (tertiary/aromatic N) is 1. The summed E-state index contributed by atoms with van der Waals surface area (Å²) in [6, 6.07) is 5.12. The smallest absolute Gasteiger partial charge is 0.379 e. The minimum Gasteiger partial charge on any atom is -0.379 e. The van der Waals surface area contributed by atoms with Crippen molar-refractivity contribution in [3.63, 3.8) is 0 Å². The summed E-state index contributed by atoms with van der Waals surface area (Å²) in [5.74, 6) is 0. The summed E-state index contributed by atoms with van der Waals surface area (Å²) >= 11 is 0. The van der Waals surface area contributed by atoms with E-state index in [9.17, 15) is 13.2 Å². The Morgan fingerprint density at radius 1 is 1.37 bits per heavy atom. The Morgan fingerprint density at radius 2 is 2.05 bits per heavy atom. The molecule has 0 aromatic heterocycles. The third-order valence-electron chi connectivity index (χ3n) is 3.85. The molecule has 0 saturated heterocycles. The summed E-state index contributed by atoms with van der Waals surface area (Å²) in [6.07, 6.45) is -0.407. The van der Waals surface area contributed by atoms with Gasteiger partial charge in [-0.3, -0.25) is 0 Å². The van der Waals surface area contributed by atoms with Crippen LogP contribution in [0, 0.1) is 11.3 Å². The molecule has 1 N–H and O–H groups in total. The first-order valence-corrected chi connectivity index (χ1v) is 6.30. The first-order chi connectivity index (χ1) is 8.90. The maximum absolute atomic E-state index is 12.6. The van der Waals surface area contributed by atoms with Crippen LogP contribution < -0.4 is 5.32 Å². The summed E-state index contributed by atoms with van der Waals surface area (Å²) in [4.78, 5) is 0. The maximum Gasteiger partial charge on any atom is 0.416 e. The molecule has 0 bridgehead atoms. The molecule has 0 radical (unpaired) electrons. The van der Waals surface area contributed by atoms with Gasteiger partial charge in [-0.25, -0.2) is 0 Å². The lowest BCUT2D eigenvalue weighted by Crippen LogP contribution is -2.44. The van der Waals surface area contributed by atoms with E-state index < -0.39 is 11.7 Å². The first kappa shape index (κ1) is 13.7. The molecule has 1 fully saturated rings. The summed E-state index contributed by atoms with van der Waals surface area (Å²) in [7, 11) is 0. The van der Waals surface area contributed by atoms with Gasteiger partial charge in [0.2, 0.25) is 0 Å². The van der Waals surface area contributed by atoms with Crippen molar-refractivity contribution < 1.29 is 13.2 Å². The molecule has 0 heterocycles. The van der Waals surface area contributed by atoms with E-state index in [2.05, 4.69) is 5.32 Å². The minimum absolute atomic E-state index is 0.0502. The average molecular weight is 268 g/mol. The molecule has 2 nitrogen and oxygen atoms in total. The predicted molar refractivity (Wildman–Crippen MR) is 66.7 cm³/mol. The molecule has 102 valence electrons. The van der Waals surface area contributed by atoms with E-state index in [0.29, 0.717) is 5.69 Å². The Morgan fingerprint density at radius 3 is 2.47 bits per heavy atom. The number of hydrogen-bond acceptors (Lipinski definition) is 2. The van der Waals surface area contributed by atoms with E-state index in [-0.39, 0.29) is 11.1 Å². The lowest BCUT2D eigenvalue weighted by atomic mass is 9.74. The zero-order chi connectivity index (χ0) is 14.1. The van der Waals surface area contributed by atoms with Crippen LogP contribution >= 0.6 is 0 Å². The van der Waals surface area contributed by atoms with Gasteiger partial charge in [-0.2, -0.15) is 18.4 Å². The van der Waals surface area contributed by atoms with Crippen molar-refractivity contribution >= 4 is 5.69 Å². The highest BCUT2D eigenvalue weighted by molar-refractivity contribution is 5.60. The maximum atomic E-state index is 12.6. The van der Waals surface area contributed by atoms with E-state index in [4.69, 9.17) is 5.26 Å². The summed E-state index contributed by atoms with van der Waals surface area (Å²) in [6.45, 7) is 2.04. The van der Waals surface area contributed by atoms with Crippen molar-refractivity contribution in [3.05, 3.63) is 29.3 Å². The highest BCUT2D eigenvalue weighted by atomic mass is 19.4. The fraction of sp³-hybridized carbons (Fsp3) is 0.500. The number of hydrogen-bond donors (Lipinski definition) is 1. The van der Waals surface area contributed by atoms with Crippen molar-refractivity contribution in [3.8, 4) is 6.07 Å². The Labute approximate surface area is 110 Å². The highest BCUT2D eigenvalue weighted by Crippen LogP contribution is 2.39. The lowest BCUT2D eigenvalue weighted by molar-refractivity contribution is -0.137. The van der Waals surface area contributed by atoms with Crippen LogP contribution in [0.15, 0.2) is 18.2 Å². The number of halogens is 3. The Kier molecular flexibility index (Phi) is 3.44. The molecule has 0 atom stereocenters. The van der Waals surface area contributed by atoms with Gasteiger partial charge in [0.15, 0.2) is 0 Å². The van der Waals surface area contributed by atoms with Gasteiger partial charge in [0.25, 0.3) is 0 Å². The Hall–Kier alpha value is -1.70. The molecule has 1 aromatic rings. The molecular weight excluding hydrogens is 253 g/mol. The van der Waals surface area contributed by atoms with Gasteiger partial charge in [0.05, 0.1) is 16.8 Å². The van der Waals surface area contributed by atoms with E-state index in [0.717, 1.165) is 37.8 Å². The molecule has 19 heavy (non-hydrogen) atoms. The van der Waals surface area contributed by atoms with Gasteiger partial charge in [-0.1, -0.05) is 6.92 Å². The topological polar surface area (TPSA) is 35.8 Å². The second-order valence-electron chi connectivity index (χ2n) is 4.98. The van der Waals surface area contributed by atoms with Crippen LogP contribution in [0.4, 0.5) is 18.9 Å². The average Bonchev–Trinajstić information content (AvgIpc) is 2.32. The Balaban J connectivity index is 2.30. The van der Waals surface area contributed by atoms with Gasteiger partial charge in [-0.15, -0.1) is 0 Å². The van der Waals surface area contributed by atoms with Crippen molar-refractivity contribution in [1.82, 2.24) is 0 Å². The lowest BCUT2D eigenvalue weighted by Gasteiger charge is -2.43. The van der Waals surface area contributed by atoms with E-state index in [1.54, 1.807) is 0 Å². The molecule has 5 heteroatoms. The zero-order valence-electron chi connectivity index (χ0n) is 10.6. The van der Waals surface area contributed by atoms with E-state index in [1.165, 1.54) is 6.07 Å². The van der Waals surface area contributed by atoms with Gasteiger partial charge in [0, 0.05) is 5.54 Å². The molecule has 1 aliphatic rings. The standard InChI is InChI=1S/C14H15F3N2/c1-2-13(6-3-7-13)19-12-5-4-11(14(15,16)17)8-10(12)9-18/h4-5,8,19H,2-3,6-7H2,1H3. The zero-order valence-corrected chi connectivity index (χ0v) is 10.6. The number of anilines is 1. The number of nitrogens with one attached hydrogen (secondary N) is 1. The van der Waals surface area contributed by atoms with E-state index >= 15 is 0 Å². The summed E-state index contributed by atoms with van der Waals surface area (Å²) < 4.78 is 37.8. The molecular formula is C14H15F3N2. The Bertz CT molecular complexity index is 505. The quantitative estimate of drug-likeness (QED) is 0.886. The van der Waals surface area contributed by atoms with Crippen molar-refractivity contribution in [2.75, 3.05) is 5.32 Å². The summed E-state index contributed by atoms with van der Waals surface area (Å²) in [5, 5.41) is 12.3. The fourth-order valence-corrected chi connectivity index (χ4v) is 2.38. The number of alkyl halides is 3. The van der Waals surface area contributed by atoms with Crippen LogP contribution in [0.3, 0.4) is 0 Å². The predicted octanol–water partition coefficient (Wildman–Crippen LogP) is 4.32. The molecule has 0 amide bonds. The molecule has 0 spiro atoms. The van der Waals surface area contributed by atoms with Crippen LogP contribution in [-0.4, -0.2) is 5.54 Å². The normalized spacial score (nSPS) is 17.4. The molecule has 0 aliphatic heterocycles. The molecule has 1 saturated carbocycles. The third kappa shape index (κ3) is 2.67. The fourth-order valence-electron chi connectivity index (χ4n) is 2.38. The highest BCUT2D eigenvalue weighted by Gasteiger charge is 2.36. The second kappa shape index (κ2) is 4.76. The van der Waals surface area contributed by atoms with Crippen molar-refractivity contribution in [1.29, 1.82) is 5.26 Å². The number of rotatable bonds is 3. The van der Waals surface area contributed by atoms with Crippen molar-refractivity contribution in [2.24, 2.45) is 0 Å². The van der Waals surface area contributed by atoms with Gasteiger partial charge in [0.1, 0.15) is 6.07 Å². The molecule has 1 aromatic carbocycles. The molecule has 2 rings (SSSR count). The monoisotopic (exact) mass is 268 g/mol. The number of benzene rings is 1. The minimum atomic E-state index is -4.41. The largest absolute Gasteiger partial charge is 0.416 e. The van der Waals surface area contributed by atoms with Gasteiger partial charge >= 0.3 is 6.18 Å². The van der Waals surface area contributed by atoms with E-state index in [1.807, 2.05) is 13.0 Å².